The zero-order valence-electron chi connectivity index (χ0n) is 27.5. The molecule has 12 nitrogen and oxygen atoms in total. The Balaban J connectivity index is 1.53. The first-order valence-corrected chi connectivity index (χ1v) is 16.7. The molecule has 14 heteroatoms. The Morgan fingerprint density at radius 2 is 1.87 bits per heavy atom. The van der Waals surface area contributed by atoms with Crippen LogP contribution in [0.25, 0.3) is 17.8 Å². The number of halogens is 1. The van der Waals surface area contributed by atoms with E-state index < -0.39 is 35.4 Å². The number of amides is 3. The van der Waals surface area contributed by atoms with E-state index in [4.69, 9.17) is 9.47 Å². The lowest BCUT2D eigenvalue weighted by atomic mass is 9.91. The molecule has 2 atom stereocenters. The molecule has 2 saturated heterocycles. The number of aromatic nitrogens is 4. The molecule has 47 heavy (non-hydrogen) atoms. The number of thiazole rings is 1. The van der Waals surface area contributed by atoms with Crippen molar-refractivity contribution in [3.05, 3.63) is 58.1 Å². The van der Waals surface area contributed by atoms with Crippen LogP contribution < -0.4 is 0 Å². The average molecular weight is 668 g/mol. The molecule has 4 heterocycles. The summed E-state index contributed by atoms with van der Waals surface area (Å²) in [6.07, 6.45) is 4.86. The van der Waals surface area contributed by atoms with Gasteiger partial charge in [-0.2, -0.15) is 0 Å². The van der Waals surface area contributed by atoms with Crippen LogP contribution in [0.3, 0.4) is 0 Å². The van der Waals surface area contributed by atoms with Crippen molar-refractivity contribution < 1.29 is 28.2 Å². The standard InChI is InChI=1S/C33H42FN7O5S/c1-22(2)19-40(24-18-23(30(42)38-13-15-45-16-14-38)20-39(21-24)32(44)46-33(3,4)5)31(43)29-27(10-11-28-35-12-17-47-28)41(37-36-29)26-9-7-6-8-25(26)34/h6-12,17,22-24H,13-16,18-21H2,1-5H3/t23-,24+/m1/s1. The third-order valence-corrected chi connectivity index (χ3v) is 8.58. The fraction of sp³-hybridized carbons (Fsp3) is 0.515. The van der Waals surface area contributed by atoms with E-state index in [0.29, 0.717) is 44.3 Å². The van der Waals surface area contributed by atoms with Gasteiger partial charge in [-0.1, -0.05) is 31.2 Å². The maximum absolute atomic E-state index is 15.0. The number of hydrogen-bond donors (Lipinski definition) is 0. The second kappa shape index (κ2) is 14.7. The molecule has 0 N–H and O–H groups in total. The van der Waals surface area contributed by atoms with Crippen LogP contribution in [0.4, 0.5) is 9.18 Å². The summed E-state index contributed by atoms with van der Waals surface area (Å²) in [6.45, 7) is 11.9. The molecule has 0 aliphatic carbocycles. The van der Waals surface area contributed by atoms with E-state index in [1.807, 2.05) is 19.2 Å². The summed E-state index contributed by atoms with van der Waals surface area (Å²) in [5.74, 6) is -1.56. The number of carbonyl (C=O) groups excluding carboxylic acids is 3. The highest BCUT2D eigenvalue weighted by Crippen LogP contribution is 2.28. The highest BCUT2D eigenvalue weighted by molar-refractivity contribution is 7.10. The van der Waals surface area contributed by atoms with Crippen molar-refractivity contribution >= 4 is 41.4 Å². The lowest BCUT2D eigenvalue weighted by Crippen LogP contribution is -2.58. The lowest BCUT2D eigenvalue weighted by Gasteiger charge is -2.44. The van der Waals surface area contributed by atoms with Crippen molar-refractivity contribution in [3.63, 3.8) is 0 Å². The summed E-state index contributed by atoms with van der Waals surface area (Å²) in [6, 6.07) is 5.60. The summed E-state index contributed by atoms with van der Waals surface area (Å²) in [5, 5.41) is 11.0. The molecule has 2 aliphatic rings. The van der Waals surface area contributed by atoms with E-state index >= 15 is 0 Å². The molecule has 2 fully saturated rings. The van der Waals surface area contributed by atoms with Crippen LogP contribution in [-0.4, -0.2) is 110 Å². The quantitative estimate of drug-likeness (QED) is 0.341. The molecule has 2 aliphatic heterocycles. The number of morpholine rings is 1. The zero-order valence-corrected chi connectivity index (χ0v) is 28.3. The van der Waals surface area contributed by atoms with Gasteiger partial charge in [0.25, 0.3) is 5.91 Å². The predicted octanol–water partition coefficient (Wildman–Crippen LogP) is 4.62. The van der Waals surface area contributed by atoms with Gasteiger partial charge in [0.05, 0.1) is 25.2 Å². The van der Waals surface area contributed by atoms with Gasteiger partial charge in [0.1, 0.15) is 27.8 Å². The van der Waals surface area contributed by atoms with E-state index in [0.717, 1.165) is 0 Å². The molecular weight excluding hydrogens is 625 g/mol. The van der Waals surface area contributed by atoms with Gasteiger partial charge in [-0.05, 0) is 57.4 Å². The van der Waals surface area contributed by atoms with Crippen molar-refractivity contribution in [2.45, 2.75) is 52.7 Å². The number of nitrogens with zero attached hydrogens (tertiary/aromatic N) is 7. The van der Waals surface area contributed by atoms with Crippen molar-refractivity contribution in [1.82, 2.24) is 34.7 Å². The molecular formula is C33H42FN7O5S. The Morgan fingerprint density at radius 1 is 1.13 bits per heavy atom. The van der Waals surface area contributed by atoms with Gasteiger partial charge in [0.2, 0.25) is 5.91 Å². The topological polar surface area (TPSA) is 123 Å². The fourth-order valence-electron chi connectivity index (χ4n) is 5.78. The highest BCUT2D eigenvalue weighted by Gasteiger charge is 2.42. The van der Waals surface area contributed by atoms with E-state index in [2.05, 4.69) is 15.3 Å². The Labute approximate surface area is 278 Å². The van der Waals surface area contributed by atoms with Crippen LogP contribution in [0.2, 0.25) is 0 Å². The first kappa shape index (κ1) is 34.2. The van der Waals surface area contributed by atoms with Gasteiger partial charge >= 0.3 is 6.09 Å². The van der Waals surface area contributed by atoms with Crippen molar-refractivity contribution in [2.75, 3.05) is 45.9 Å². The van der Waals surface area contributed by atoms with E-state index in [1.54, 1.807) is 67.1 Å². The molecule has 0 saturated carbocycles. The Hall–Kier alpha value is -4.17. The lowest BCUT2D eigenvalue weighted by molar-refractivity contribution is -0.142. The zero-order chi connectivity index (χ0) is 33.7. The summed E-state index contributed by atoms with van der Waals surface area (Å²) >= 11 is 1.41. The maximum Gasteiger partial charge on any atom is 0.410 e. The minimum Gasteiger partial charge on any atom is -0.444 e. The summed E-state index contributed by atoms with van der Waals surface area (Å²) in [5.41, 5.74) is -0.305. The number of rotatable bonds is 8. The van der Waals surface area contributed by atoms with Crippen LogP contribution in [0.5, 0.6) is 0 Å². The SMILES string of the molecule is CC(C)CN(C(=O)c1nnn(-c2ccccc2F)c1C=Cc1nccs1)[C@H]1C[C@@H](C(=O)N2CCOCC2)CN(C(=O)OC(C)(C)C)C1. The van der Waals surface area contributed by atoms with E-state index in [1.165, 1.54) is 27.0 Å². The number of carbonyl (C=O) groups is 3. The van der Waals surface area contributed by atoms with Crippen LogP contribution in [0.1, 0.15) is 62.2 Å². The minimum absolute atomic E-state index is 0.0205. The normalized spacial score (nSPS) is 19.0. The van der Waals surface area contributed by atoms with Gasteiger partial charge in [-0.3, -0.25) is 9.59 Å². The predicted molar refractivity (Wildman–Crippen MR) is 175 cm³/mol. The number of piperidine rings is 1. The molecule has 2 aromatic heterocycles. The first-order chi connectivity index (χ1) is 22.4. The van der Waals surface area contributed by atoms with Gasteiger partial charge in [-0.15, -0.1) is 16.4 Å². The third kappa shape index (κ3) is 8.41. The van der Waals surface area contributed by atoms with Crippen molar-refractivity contribution in [1.29, 1.82) is 0 Å². The van der Waals surface area contributed by atoms with Crippen LogP contribution >= 0.6 is 11.3 Å². The van der Waals surface area contributed by atoms with Crippen molar-refractivity contribution in [3.8, 4) is 5.69 Å². The van der Waals surface area contributed by atoms with Crippen LogP contribution in [0, 0.1) is 17.7 Å². The monoisotopic (exact) mass is 667 g/mol. The molecule has 0 bridgehead atoms. The molecule has 1 aromatic carbocycles. The van der Waals surface area contributed by atoms with Gasteiger partial charge in [-0.25, -0.2) is 18.9 Å². The van der Waals surface area contributed by atoms with E-state index in [9.17, 15) is 18.8 Å². The Kier molecular flexibility index (Phi) is 10.7. The molecule has 0 spiro atoms. The number of ether oxygens (including phenoxy) is 2. The van der Waals surface area contributed by atoms with Crippen LogP contribution in [-0.2, 0) is 14.3 Å². The van der Waals surface area contributed by atoms with E-state index in [-0.39, 0.29) is 42.0 Å². The largest absolute Gasteiger partial charge is 0.444 e. The maximum atomic E-state index is 15.0. The second-order valence-electron chi connectivity index (χ2n) is 13.2. The molecule has 252 valence electrons. The van der Waals surface area contributed by atoms with Crippen LogP contribution in [0.15, 0.2) is 35.8 Å². The molecule has 0 radical (unpaired) electrons. The summed E-state index contributed by atoms with van der Waals surface area (Å²) in [4.78, 5) is 51.1. The second-order valence-corrected chi connectivity index (χ2v) is 14.1. The fourth-order valence-corrected chi connectivity index (χ4v) is 6.31. The molecule has 0 unspecified atom stereocenters. The number of benzene rings is 1. The molecule has 3 aromatic rings. The summed E-state index contributed by atoms with van der Waals surface area (Å²) in [7, 11) is 0. The number of hydrogen-bond acceptors (Lipinski definition) is 9. The highest BCUT2D eigenvalue weighted by atomic mass is 32.1. The summed E-state index contributed by atoms with van der Waals surface area (Å²) < 4.78 is 27.5. The smallest absolute Gasteiger partial charge is 0.410 e. The van der Waals surface area contributed by atoms with Gasteiger partial charge in [0, 0.05) is 44.3 Å². The number of likely N-dealkylation sites (tertiary alicyclic amines) is 1. The molecule has 5 rings (SSSR count). The first-order valence-electron chi connectivity index (χ1n) is 15.8. The van der Waals surface area contributed by atoms with Gasteiger partial charge < -0.3 is 24.2 Å². The molecule has 3 amide bonds. The van der Waals surface area contributed by atoms with Crippen molar-refractivity contribution in [2.24, 2.45) is 11.8 Å². The third-order valence-electron chi connectivity index (χ3n) is 7.84. The minimum atomic E-state index is -0.745. The Morgan fingerprint density at radius 3 is 2.53 bits per heavy atom. The average Bonchev–Trinajstić information content (AvgIpc) is 3.72. The number of para-hydroxylation sites is 1. The van der Waals surface area contributed by atoms with Gasteiger partial charge in [0.15, 0.2) is 5.69 Å². The Bertz CT molecular complexity index is 1580.